The van der Waals surface area contributed by atoms with Gasteiger partial charge in [0.05, 0.1) is 5.41 Å². The number of halogens is 1. The fraction of sp³-hybridized carbons (Fsp3) is 0.429. The molecule has 146 valence electrons. The van der Waals surface area contributed by atoms with Gasteiger partial charge in [-0.1, -0.05) is 6.42 Å². The van der Waals surface area contributed by atoms with Crippen molar-refractivity contribution in [3.8, 4) is 0 Å². The third-order valence-electron chi connectivity index (χ3n) is 5.84. The maximum atomic E-state index is 13.2. The van der Waals surface area contributed by atoms with E-state index in [0.29, 0.717) is 30.2 Å². The lowest BCUT2D eigenvalue weighted by molar-refractivity contribution is -0.127. The number of hydrogen-bond donors (Lipinski definition) is 1. The summed E-state index contributed by atoms with van der Waals surface area (Å²) >= 11 is 0. The van der Waals surface area contributed by atoms with Gasteiger partial charge in [-0.05, 0) is 62.9 Å². The van der Waals surface area contributed by atoms with Crippen molar-refractivity contribution >= 4 is 17.6 Å². The minimum atomic E-state index is -0.447. The van der Waals surface area contributed by atoms with Crippen LogP contribution in [0.1, 0.15) is 48.3 Å². The zero-order chi connectivity index (χ0) is 19.7. The van der Waals surface area contributed by atoms with Gasteiger partial charge < -0.3 is 5.32 Å². The van der Waals surface area contributed by atoms with Crippen LogP contribution in [0.25, 0.3) is 0 Å². The van der Waals surface area contributed by atoms with E-state index in [1.807, 2.05) is 0 Å². The van der Waals surface area contributed by atoms with Gasteiger partial charge in [0.2, 0.25) is 5.91 Å². The maximum Gasteiger partial charge on any atom is 0.251 e. The highest BCUT2D eigenvalue weighted by molar-refractivity contribution is 5.99. The fourth-order valence-corrected chi connectivity index (χ4v) is 4.41. The van der Waals surface area contributed by atoms with Crippen molar-refractivity contribution in [2.45, 2.75) is 45.1 Å². The van der Waals surface area contributed by atoms with Gasteiger partial charge in [0.25, 0.3) is 5.91 Å². The van der Waals surface area contributed by atoms with E-state index in [-0.39, 0.29) is 23.7 Å². The Kier molecular flexibility index (Phi) is 4.83. The van der Waals surface area contributed by atoms with Crippen LogP contribution in [0, 0.1) is 18.2 Å². The Labute approximate surface area is 163 Å². The zero-order valence-corrected chi connectivity index (χ0v) is 15.8. The Morgan fingerprint density at radius 1 is 1.25 bits per heavy atom. The normalized spacial score (nSPS) is 24.6. The summed E-state index contributed by atoms with van der Waals surface area (Å²) < 4.78 is 13.1. The molecule has 2 aliphatic rings. The molecule has 2 fully saturated rings. The lowest BCUT2D eigenvalue weighted by Crippen LogP contribution is -2.46. The summed E-state index contributed by atoms with van der Waals surface area (Å²) in [4.78, 5) is 36.0. The molecule has 1 saturated heterocycles. The lowest BCUT2D eigenvalue weighted by Gasteiger charge is -2.36. The number of carbonyl (C=O) groups is 2. The first kappa shape index (κ1) is 18.5. The lowest BCUT2D eigenvalue weighted by atomic mass is 9.71. The summed E-state index contributed by atoms with van der Waals surface area (Å²) in [5.74, 6) is 0.776. The second-order valence-corrected chi connectivity index (χ2v) is 7.72. The Morgan fingerprint density at radius 2 is 2.04 bits per heavy atom. The van der Waals surface area contributed by atoms with Crippen LogP contribution in [0.3, 0.4) is 0 Å². The van der Waals surface area contributed by atoms with Crippen LogP contribution in [0.4, 0.5) is 10.2 Å². The first-order valence-electron chi connectivity index (χ1n) is 9.65. The van der Waals surface area contributed by atoms with Gasteiger partial charge in [-0.2, -0.15) is 0 Å². The molecule has 0 radical (unpaired) electrons. The van der Waals surface area contributed by atoms with E-state index in [1.54, 1.807) is 24.1 Å². The Bertz CT molecular complexity index is 902. The van der Waals surface area contributed by atoms with E-state index >= 15 is 0 Å². The monoisotopic (exact) mass is 382 g/mol. The molecule has 2 amide bonds. The highest BCUT2D eigenvalue weighted by Crippen LogP contribution is 2.45. The average Bonchev–Trinajstić information content (AvgIpc) is 2.98. The predicted molar refractivity (Wildman–Crippen MR) is 102 cm³/mol. The summed E-state index contributed by atoms with van der Waals surface area (Å²) in [5, 5.41) is 3.03. The molecule has 4 rings (SSSR count). The number of carbonyl (C=O) groups excluding carboxylic acids is 2. The molecule has 2 heterocycles. The van der Waals surface area contributed by atoms with Crippen LogP contribution < -0.4 is 10.2 Å². The molecule has 1 N–H and O–H groups in total. The molecular weight excluding hydrogens is 359 g/mol. The summed E-state index contributed by atoms with van der Waals surface area (Å²) in [5.41, 5.74) is -0.0189. The molecule has 2 atom stereocenters. The van der Waals surface area contributed by atoms with Gasteiger partial charge in [0, 0.05) is 24.3 Å². The van der Waals surface area contributed by atoms with Crippen LogP contribution >= 0.6 is 0 Å². The number of hydrogen-bond acceptors (Lipinski definition) is 4. The van der Waals surface area contributed by atoms with Gasteiger partial charge in [-0.15, -0.1) is 0 Å². The molecule has 28 heavy (non-hydrogen) atoms. The SMILES string of the molecule is Cc1nccc(N2CCC3(CCCC(NC(=O)c4ccc(F)cc4)C3)C2=O)n1. The van der Waals surface area contributed by atoms with Gasteiger partial charge >= 0.3 is 0 Å². The highest BCUT2D eigenvalue weighted by atomic mass is 19.1. The third-order valence-corrected chi connectivity index (χ3v) is 5.84. The highest BCUT2D eigenvalue weighted by Gasteiger charge is 2.50. The summed E-state index contributed by atoms with van der Waals surface area (Å²) in [6, 6.07) is 7.20. The summed E-state index contributed by atoms with van der Waals surface area (Å²) in [6.07, 6.45) is 5.61. The Hall–Kier alpha value is -2.83. The van der Waals surface area contributed by atoms with E-state index in [4.69, 9.17) is 0 Å². The molecular formula is C21H23FN4O2. The summed E-state index contributed by atoms with van der Waals surface area (Å²) in [7, 11) is 0. The van der Waals surface area contributed by atoms with Gasteiger partial charge in [-0.3, -0.25) is 14.5 Å². The minimum Gasteiger partial charge on any atom is -0.349 e. The quantitative estimate of drug-likeness (QED) is 0.885. The average molecular weight is 382 g/mol. The predicted octanol–water partition coefficient (Wildman–Crippen LogP) is 3.02. The summed E-state index contributed by atoms with van der Waals surface area (Å²) in [6.45, 7) is 2.44. The topological polar surface area (TPSA) is 75.2 Å². The molecule has 2 unspecified atom stereocenters. The van der Waals surface area contributed by atoms with E-state index in [0.717, 1.165) is 25.7 Å². The van der Waals surface area contributed by atoms with Crippen molar-refractivity contribution in [2.24, 2.45) is 5.41 Å². The zero-order valence-electron chi connectivity index (χ0n) is 15.8. The van der Waals surface area contributed by atoms with Crippen molar-refractivity contribution in [3.05, 3.63) is 53.7 Å². The van der Waals surface area contributed by atoms with Crippen LogP contribution in [-0.4, -0.2) is 34.4 Å². The van der Waals surface area contributed by atoms with Crippen molar-refractivity contribution < 1.29 is 14.0 Å². The Balaban J connectivity index is 1.46. The van der Waals surface area contributed by atoms with E-state index in [1.165, 1.54) is 24.3 Å². The molecule has 6 nitrogen and oxygen atoms in total. The standard InChI is InChI=1S/C21H23FN4O2/c1-14-23-11-8-18(24-14)26-12-10-21(20(26)28)9-2-3-17(13-21)25-19(27)15-4-6-16(22)7-5-15/h4-8,11,17H,2-3,9-10,12-13H2,1H3,(H,25,27). The second-order valence-electron chi connectivity index (χ2n) is 7.72. The van der Waals surface area contributed by atoms with Crippen LogP contribution in [-0.2, 0) is 4.79 Å². The molecule has 1 aromatic carbocycles. The molecule has 2 aromatic rings. The number of nitrogens with zero attached hydrogens (tertiary/aromatic N) is 3. The first-order valence-corrected chi connectivity index (χ1v) is 9.65. The van der Waals surface area contributed by atoms with Crippen molar-refractivity contribution in [1.29, 1.82) is 0 Å². The number of rotatable bonds is 3. The third kappa shape index (κ3) is 3.48. The van der Waals surface area contributed by atoms with Crippen LogP contribution in [0.5, 0.6) is 0 Å². The first-order chi connectivity index (χ1) is 13.5. The number of amides is 2. The number of nitrogens with one attached hydrogen (secondary N) is 1. The van der Waals surface area contributed by atoms with Crippen molar-refractivity contribution in [1.82, 2.24) is 15.3 Å². The number of anilines is 1. The molecule has 7 heteroatoms. The molecule has 1 saturated carbocycles. The minimum absolute atomic E-state index is 0.0673. The van der Waals surface area contributed by atoms with Gasteiger partial charge in [-0.25, -0.2) is 14.4 Å². The van der Waals surface area contributed by atoms with Crippen molar-refractivity contribution in [2.75, 3.05) is 11.4 Å². The molecule has 1 spiro atoms. The van der Waals surface area contributed by atoms with Crippen LogP contribution in [0.2, 0.25) is 0 Å². The van der Waals surface area contributed by atoms with Gasteiger partial charge in [0.15, 0.2) is 0 Å². The van der Waals surface area contributed by atoms with E-state index in [9.17, 15) is 14.0 Å². The van der Waals surface area contributed by atoms with Crippen LogP contribution in [0.15, 0.2) is 36.5 Å². The second kappa shape index (κ2) is 7.30. The van der Waals surface area contributed by atoms with E-state index < -0.39 is 5.41 Å². The fourth-order valence-electron chi connectivity index (χ4n) is 4.41. The van der Waals surface area contributed by atoms with Crippen molar-refractivity contribution in [3.63, 3.8) is 0 Å². The number of benzene rings is 1. The molecule has 1 aromatic heterocycles. The number of aromatic nitrogens is 2. The maximum absolute atomic E-state index is 13.2. The largest absolute Gasteiger partial charge is 0.349 e. The Morgan fingerprint density at radius 3 is 2.79 bits per heavy atom. The molecule has 0 bridgehead atoms. The van der Waals surface area contributed by atoms with E-state index in [2.05, 4.69) is 15.3 Å². The molecule has 1 aliphatic heterocycles. The number of aryl methyl sites for hydroxylation is 1. The van der Waals surface area contributed by atoms with Gasteiger partial charge in [0.1, 0.15) is 17.5 Å². The smallest absolute Gasteiger partial charge is 0.251 e. The molecule has 1 aliphatic carbocycles.